The van der Waals surface area contributed by atoms with Crippen LogP contribution in [0, 0.1) is 0 Å². The molecule has 3 aliphatic heterocycles. The minimum absolute atomic E-state index is 0.0829. The number of nitrogens with two attached hydrogens (primary N) is 1. The van der Waals surface area contributed by atoms with E-state index < -0.39 is 41.1 Å². The van der Waals surface area contributed by atoms with Crippen LogP contribution in [0.1, 0.15) is 6.42 Å². The van der Waals surface area contributed by atoms with Gasteiger partial charge in [-0.2, -0.15) is 13.2 Å². The first-order valence-corrected chi connectivity index (χ1v) is 11.9. The van der Waals surface area contributed by atoms with Crippen LogP contribution in [0.2, 0.25) is 0 Å². The molecule has 186 valence electrons. The van der Waals surface area contributed by atoms with Crippen LogP contribution in [-0.2, 0) is 23.9 Å². The molecule has 2 N–H and O–H groups in total. The molecule has 2 aromatic rings. The topological polar surface area (TPSA) is 110 Å². The van der Waals surface area contributed by atoms with Crippen molar-refractivity contribution in [3.05, 3.63) is 65.4 Å². The van der Waals surface area contributed by atoms with Crippen molar-refractivity contribution in [2.75, 3.05) is 17.2 Å². The maximum Gasteiger partial charge on any atom is 0.491 e. The molecule has 5 rings (SSSR count). The van der Waals surface area contributed by atoms with Crippen LogP contribution >= 0.6 is 11.8 Å². The second-order valence-corrected chi connectivity index (χ2v) is 9.50. The number of thioether (sulfide) groups is 1. The van der Waals surface area contributed by atoms with Crippen molar-refractivity contribution in [2.24, 2.45) is 5.73 Å². The van der Waals surface area contributed by atoms with E-state index in [-0.39, 0.29) is 17.2 Å². The van der Waals surface area contributed by atoms with Gasteiger partial charge in [-0.1, -0.05) is 30.3 Å². The summed E-state index contributed by atoms with van der Waals surface area (Å²) in [6.07, 6.45) is -3.70. The van der Waals surface area contributed by atoms with Crippen molar-refractivity contribution >= 4 is 52.0 Å². The smallest absolute Gasteiger partial charge is 0.382 e. The van der Waals surface area contributed by atoms with E-state index in [1.54, 1.807) is 4.90 Å². The number of hydrogen-bond acceptors (Lipinski definition) is 7. The number of anilines is 1. The maximum atomic E-state index is 13.2. The zero-order valence-electron chi connectivity index (χ0n) is 18.4. The molecule has 8 nitrogen and oxygen atoms in total. The number of nitrogens with zero attached hydrogens (tertiary/aromatic N) is 2. The monoisotopic (exact) mass is 517 g/mol. The van der Waals surface area contributed by atoms with Gasteiger partial charge in [-0.15, -0.1) is 11.8 Å². The first-order valence-electron chi connectivity index (χ1n) is 10.8. The standard InChI is InChI=1S/C24H18F3N3O5S/c25-24(26,27)23(34)35-22(33)18-15(11-36-21-17(28)20(32)30(18)21)9-14-7-8-29(19(14)31)16-6-5-12-3-1-2-4-13(12)10-16/h1-6,9-10,17,21H,7-8,11,28H2/b14-9+/t17-,21-/m1/s1. The van der Waals surface area contributed by atoms with E-state index in [4.69, 9.17) is 5.73 Å². The van der Waals surface area contributed by atoms with E-state index in [1.165, 1.54) is 17.8 Å². The molecule has 2 saturated heterocycles. The second kappa shape index (κ2) is 8.79. The molecule has 3 heterocycles. The summed E-state index contributed by atoms with van der Waals surface area (Å²) in [5, 5.41) is 1.28. The molecule has 3 aliphatic rings. The first-order chi connectivity index (χ1) is 17.1. The zero-order valence-corrected chi connectivity index (χ0v) is 19.3. The predicted molar refractivity (Wildman–Crippen MR) is 124 cm³/mol. The van der Waals surface area contributed by atoms with E-state index in [0.717, 1.165) is 15.7 Å². The van der Waals surface area contributed by atoms with Crippen LogP contribution in [0.15, 0.2) is 65.4 Å². The number of esters is 2. The van der Waals surface area contributed by atoms with Crippen LogP contribution in [-0.4, -0.2) is 58.5 Å². The highest BCUT2D eigenvalue weighted by Crippen LogP contribution is 2.41. The molecule has 0 bridgehead atoms. The fourth-order valence-corrected chi connectivity index (χ4v) is 5.63. The minimum Gasteiger partial charge on any atom is -0.382 e. The number of hydrogen-bond donors (Lipinski definition) is 1. The van der Waals surface area contributed by atoms with Crippen molar-refractivity contribution in [2.45, 2.75) is 24.0 Å². The molecule has 2 amide bonds. The molecule has 0 aromatic heterocycles. The van der Waals surface area contributed by atoms with Crippen molar-refractivity contribution in [3.8, 4) is 0 Å². The van der Waals surface area contributed by atoms with Gasteiger partial charge in [0.15, 0.2) is 0 Å². The van der Waals surface area contributed by atoms with E-state index in [0.29, 0.717) is 24.2 Å². The van der Waals surface area contributed by atoms with Gasteiger partial charge in [-0.3, -0.25) is 14.5 Å². The van der Waals surface area contributed by atoms with Gasteiger partial charge >= 0.3 is 18.1 Å². The number of fused-ring (bicyclic) bond motifs is 2. The zero-order chi connectivity index (χ0) is 25.8. The third kappa shape index (κ3) is 4.05. The third-order valence-corrected chi connectivity index (χ3v) is 7.49. The number of carbonyl (C=O) groups is 4. The number of alkyl halides is 3. The fraction of sp³-hybridized carbons (Fsp3) is 0.250. The molecular weight excluding hydrogens is 499 g/mol. The average Bonchev–Trinajstić information content (AvgIpc) is 3.21. The number of allylic oxidation sites excluding steroid dienone is 1. The van der Waals surface area contributed by atoms with Gasteiger partial charge < -0.3 is 15.4 Å². The number of ether oxygens (including phenoxy) is 1. The van der Waals surface area contributed by atoms with Crippen LogP contribution < -0.4 is 10.6 Å². The van der Waals surface area contributed by atoms with E-state index >= 15 is 0 Å². The molecule has 2 aromatic carbocycles. The normalized spacial score (nSPS) is 23.3. The SMILES string of the molecule is N[C@@H]1C(=O)N2C(C(=O)OC(=O)C(F)(F)F)=C(/C=C3\CCN(c4ccc5ccccc5c4)C3=O)CS[C@H]12. The Labute approximate surface area is 206 Å². The summed E-state index contributed by atoms with van der Waals surface area (Å²) in [5.41, 5.74) is 6.34. The Morgan fingerprint density at radius 2 is 1.83 bits per heavy atom. The lowest BCUT2D eigenvalue weighted by molar-refractivity contribution is -0.201. The van der Waals surface area contributed by atoms with Crippen LogP contribution in [0.5, 0.6) is 0 Å². The lowest BCUT2D eigenvalue weighted by atomic mass is 10.0. The van der Waals surface area contributed by atoms with Crippen molar-refractivity contribution in [1.82, 2.24) is 4.90 Å². The van der Waals surface area contributed by atoms with E-state index in [2.05, 4.69) is 4.74 Å². The van der Waals surface area contributed by atoms with Gasteiger partial charge in [0, 0.05) is 23.6 Å². The minimum atomic E-state index is -5.39. The quantitative estimate of drug-likeness (QED) is 0.289. The Hall–Kier alpha value is -3.64. The lowest BCUT2D eigenvalue weighted by Crippen LogP contribution is -2.68. The molecule has 0 saturated carbocycles. The number of amides is 2. The predicted octanol–water partition coefficient (Wildman–Crippen LogP) is 2.63. The Bertz CT molecular complexity index is 1390. The van der Waals surface area contributed by atoms with Crippen LogP contribution in [0.4, 0.5) is 18.9 Å². The summed E-state index contributed by atoms with van der Waals surface area (Å²) in [6.45, 7) is 0.353. The van der Waals surface area contributed by atoms with Gasteiger partial charge in [0.2, 0.25) is 5.91 Å². The molecule has 0 aliphatic carbocycles. The highest BCUT2D eigenvalue weighted by Gasteiger charge is 2.53. The highest BCUT2D eigenvalue weighted by atomic mass is 32.2. The van der Waals surface area contributed by atoms with Crippen molar-refractivity contribution in [3.63, 3.8) is 0 Å². The molecule has 36 heavy (non-hydrogen) atoms. The molecule has 2 fully saturated rings. The Balaban J connectivity index is 1.47. The fourth-order valence-electron chi connectivity index (χ4n) is 4.38. The number of carbonyl (C=O) groups excluding carboxylic acids is 4. The molecule has 2 atom stereocenters. The maximum absolute atomic E-state index is 13.2. The summed E-state index contributed by atoms with van der Waals surface area (Å²) < 4.78 is 42.0. The summed E-state index contributed by atoms with van der Waals surface area (Å²) >= 11 is 1.20. The third-order valence-electron chi connectivity index (χ3n) is 6.17. The first kappa shape index (κ1) is 24.1. The van der Waals surface area contributed by atoms with Crippen LogP contribution in [0.25, 0.3) is 10.8 Å². The largest absolute Gasteiger partial charge is 0.491 e. The molecule has 12 heteroatoms. The summed E-state index contributed by atoms with van der Waals surface area (Å²) in [6, 6.07) is 12.3. The van der Waals surface area contributed by atoms with Crippen molar-refractivity contribution < 1.29 is 37.1 Å². The van der Waals surface area contributed by atoms with Gasteiger partial charge in [0.05, 0.1) is 0 Å². The van der Waals surface area contributed by atoms with E-state index in [1.807, 2.05) is 42.5 Å². The Morgan fingerprint density at radius 3 is 2.56 bits per heavy atom. The lowest BCUT2D eigenvalue weighted by Gasteiger charge is -2.48. The number of benzene rings is 2. The molecule has 0 unspecified atom stereocenters. The highest BCUT2D eigenvalue weighted by molar-refractivity contribution is 8.00. The van der Waals surface area contributed by atoms with Gasteiger partial charge in [0.1, 0.15) is 17.1 Å². The molecular formula is C24H18F3N3O5S. The van der Waals surface area contributed by atoms with E-state index in [9.17, 15) is 32.3 Å². The molecule has 0 spiro atoms. The summed E-state index contributed by atoms with van der Waals surface area (Å²) in [7, 11) is 0. The Morgan fingerprint density at radius 1 is 1.11 bits per heavy atom. The number of β-lactam (4-membered cyclic amide) rings is 1. The summed E-state index contributed by atoms with van der Waals surface area (Å²) in [5.74, 6) is -5.26. The second-order valence-electron chi connectivity index (χ2n) is 8.39. The van der Waals surface area contributed by atoms with Gasteiger partial charge in [0.25, 0.3) is 5.91 Å². The van der Waals surface area contributed by atoms with Gasteiger partial charge in [-0.25, -0.2) is 9.59 Å². The molecule has 0 radical (unpaired) electrons. The van der Waals surface area contributed by atoms with Crippen molar-refractivity contribution in [1.29, 1.82) is 0 Å². The van der Waals surface area contributed by atoms with Crippen LogP contribution in [0.3, 0.4) is 0 Å². The summed E-state index contributed by atoms with van der Waals surface area (Å²) in [4.78, 5) is 51.9. The van der Waals surface area contributed by atoms with Gasteiger partial charge in [-0.05, 0) is 41.0 Å². The Kier molecular flexibility index (Phi) is 5.87. The number of halogens is 3. The average molecular weight is 517 g/mol. The number of rotatable bonds is 3.